The number of anilines is 1. The molecule has 0 bridgehead atoms. The number of ether oxygens (including phenoxy) is 1. The number of carbonyl (C=O) groups excluding carboxylic acids is 3. The molecule has 8 heteroatoms. The summed E-state index contributed by atoms with van der Waals surface area (Å²) in [4.78, 5) is 42.3. The first kappa shape index (κ1) is 29.6. The van der Waals surface area contributed by atoms with Gasteiger partial charge in [0.2, 0.25) is 0 Å². The van der Waals surface area contributed by atoms with Gasteiger partial charge in [0.25, 0.3) is 5.91 Å². The normalized spacial score (nSPS) is 20.1. The number of Topliss-reactive ketones (excluding diaryl/α,β-unsaturated/α-hetero) is 2. The number of rotatable bonds is 6. The first-order valence-corrected chi connectivity index (χ1v) is 15.2. The van der Waals surface area contributed by atoms with Crippen LogP contribution in [0.2, 0.25) is 5.02 Å². The molecule has 0 radical (unpaired) electrons. The van der Waals surface area contributed by atoms with Crippen molar-refractivity contribution in [1.29, 1.82) is 0 Å². The Hall–Kier alpha value is -2.90. The standard InChI is InChI=1S/C33H36BrClN2O4/c1-6-37-23-14-32(2,3)16-25(38)30(23)29(31-24(37)15-33(4,5)17-26(31)39)19-7-12-27(22(34)13-19)41-18-28(40)36-21-10-8-20(35)9-11-21/h7-13,29H,6,14-18H2,1-5H3,(H,36,40). The van der Waals surface area contributed by atoms with Gasteiger partial charge in [-0.25, -0.2) is 0 Å². The molecule has 0 fully saturated rings. The molecule has 0 spiro atoms. The highest BCUT2D eigenvalue weighted by molar-refractivity contribution is 9.10. The number of hydrogen-bond acceptors (Lipinski definition) is 5. The van der Waals surface area contributed by atoms with Crippen LogP contribution in [-0.2, 0) is 14.4 Å². The summed E-state index contributed by atoms with van der Waals surface area (Å²) < 4.78 is 6.49. The van der Waals surface area contributed by atoms with Gasteiger partial charge in [0.05, 0.1) is 4.47 Å². The van der Waals surface area contributed by atoms with Crippen LogP contribution in [0.5, 0.6) is 5.75 Å². The molecule has 216 valence electrons. The lowest BCUT2D eigenvalue weighted by Crippen LogP contribution is -2.44. The number of allylic oxidation sites excluding steroid dienone is 4. The summed E-state index contributed by atoms with van der Waals surface area (Å²) in [6.45, 7) is 11.2. The molecule has 2 aliphatic carbocycles. The highest BCUT2D eigenvalue weighted by Crippen LogP contribution is 2.54. The second-order valence-corrected chi connectivity index (χ2v) is 14.1. The van der Waals surface area contributed by atoms with E-state index in [0.717, 1.165) is 40.9 Å². The molecule has 3 aliphatic rings. The number of nitrogens with zero attached hydrogens (tertiary/aromatic N) is 1. The van der Waals surface area contributed by atoms with E-state index in [9.17, 15) is 14.4 Å². The second kappa shape index (κ2) is 11.1. The minimum absolute atomic E-state index is 0.110. The Bertz CT molecular complexity index is 1440. The third-order valence-electron chi connectivity index (χ3n) is 8.11. The molecular weight excluding hydrogens is 604 g/mol. The predicted octanol–water partition coefficient (Wildman–Crippen LogP) is 7.83. The van der Waals surface area contributed by atoms with Crippen LogP contribution in [0, 0.1) is 10.8 Å². The molecule has 1 heterocycles. The van der Waals surface area contributed by atoms with E-state index in [1.54, 1.807) is 30.3 Å². The number of benzene rings is 2. The Morgan fingerprint density at radius 2 is 1.51 bits per heavy atom. The zero-order valence-electron chi connectivity index (χ0n) is 24.2. The maximum absolute atomic E-state index is 13.8. The van der Waals surface area contributed by atoms with Gasteiger partial charge in [-0.2, -0.15) is 0 Å². The molecule has 1 N–H and O–H groups in total. The van der Waals surface area contributed by atoms with Gasteiger partial charge >= 0.3 is 0 Å². The average Bonchev–Trinajstić information content (AvgIpc) is 2.87. The lowest BCUT2D eigenvalue weighted by atomic mass is 9.63. The summed E-state index contributed by atoms with van der Waals surface area (Å²) in [6, 6.07) is 12.5. The van der Waals surface area contributed by atoms with Crippen molar-refractivity contribution < 1.29 is 19.1 Å². The Morgan fingerprint density at radius 1 is 0.951 bits per heavy atom. The van der Waals surface area contributed by atoms with E-state index in [4.69, 9.17) is 16.3 Å². The van der Waals surface area contributed by atoms with Gasteiger partial charge in [-0.3, -0.25) is 14.4 Å². The maximum Gasteiger partial charge on any atom is 0.262 e. The number of nitrogens with one attached hydrogen (secondary N) is 1. The van der Waals surface area contributed by atoms with Crippen molar-refractivity contribution >= 4 is 50.7 Å². The molecule has 2 aromatic rings. The van der Waals surface area contributed by atoms with Crippen molar-refractivity contribution in [1.82, 2.24) is 4.90 Å². The Balaban J connectivity index is 1.48. The van der Waals surface area contributed by atoms with Crippen LogP contribution in [0.15, 0.2) is 69.5 Å². The molecule has 0 saturated carbocycles. The highest BCUT2D eigenvalue weighted by Gasteiger charge is 2.48. The molecule has 0 unspecified atom stereocenters. The van der Waals surface area contributed by atoms with Crippen LogP contribution in [0.3, 0.4) is 0 Å². The molecule has 0 atom stereocenters. The van der Waals surface area contributed by atoms with Crippen LogP contribution >= 0.6 is 27.5 Å². The smallest absolute Gasteiger partial charge is 0.262 e. The second-order valence-electron chi connectivity index (χ2n) is 12.8. The van der Waals surface area contributed by atoms with E-state index in [1.807, 2.05) is 12.1 Å². The van der Waals surface area contributed by atoms with E-state index < -0.39 is 5.92 Å². The van der Waals surface area contributed by atoms with Gasteiger partial charge in [-0.1, -0.05) is 45.4 Å². The number of amides is 1. The minimum atomic E-state index is -0.423. The molecule has 2 aromatic carbocycles. The van der Waals surface area contributed by atoms with Crippen LogP contribution in [0.25, 0.3) is 0 Å². The number of ketones is 2. The fourth-order valence-corrected chi connectivity index (χ4v) is 7.09. The van der Waals surface area contributed by atoms with Crippen LogP contribution < -0.4 is 10.1 Å². The summed E-state index contributed by atoms with van der Waals surface area (Å²) in [7, 11) is 0. The Labute approximate surface area is 255 Å². The highest BCUT2D eigenvalue weighted by atomic mass is 79.9. The molecular formula is C33H36BrClN2O4. The molecule has 5 rings (SSSR count). The number of carbonyl (C=O) groups is 3. The van der Waals surface area contributed by atoms with Crippen molar-refractivity contribution in [2.45, 2.75) is 66.2 Å². The van der Waals surface area contributed by atoms with Crippen molar-refractivity contribution in [2.75, 3.05) is 18.5 Å². The summed E-state index contributed by atoms with van der Waals surface area (Å²) in [5, 5.41) is 3.38. The SMILES string of the molecule is CCN1C2=C(C(=O)CC(C)(C)C2)C(c2ccc(OCC(=O)Nc3ccc(Cl)cc3)c(Br)c2)C2=C1CC(C)(C)CC2=O. The summed E-state index contributed by atoms with van der Waals surface area (Å²) in [6.07, 6.45) is 2.48. The summed E-state index contributed by atoms with van der Waals surface area (Å²) >= 11 is 9.54. The van der Waals surface area contributed by atoms with E-state index >= 15 is 0 Å². The largest absolute Gasteiger partial charge is 0.483 e. The first-order valence-electron chi connectivity index (χ1n) is 14.1. The third-order valence-corrected chi connectivity index (χ3v) is 8.99. The van der Waals surface area contributed by atoms with Gasteiger partial charge < -0.3 is 15.0 Å². The maximum atomic E-state index is 13.8. The molecule has 0 saturated heterocycles. The van der Waals surface area contributed by atoms with Gasteiger partial charge in [0.1, 0.15) is 5.75 Å². The van der Waals surface area contributed by atoms with Crippen LogP contribution in [-0.4, -0.2) is 35.5 Å². The van der Waals surface area contributed by atoms with Gasteiger partial charge in [-0.05, 0) is 88.5 Å². The fourth-order valence-electron chi connectivity index (χ4n) is 6.45. The lowest BCUT2D eigenvalue weighted by Gasteiger charge is -2.48. The zero-order chi connectivity index (χ0) is 29.7. The monoisotopic (exact) mass is 638 g/mol. The van der Waals surface area contributed by atoms with Gasteiger partial charge in [-0.15, -0.1) is 0 Å². The summed E-state index contributed by atoms with van der Waals surface area (Å²) in [5.41, 5.74) is 4.81. The molecule has 0 aromatic heterocycles. The van der Waals surface area contributed by atoms with Crippen LogP contribution in [0.1, 0.15) is 71.8 Å². The Morgan fingerprint density at radius 3 is 2.02 bits per heavy atom. The average molecular weight is 640 g/mol. The van der Waals surface area contributed by atoms with Crippen molar-refractivity contribution in [3.63, 3.8) is 0 Å². The fraction of sp³-hybridized carbons (Fsp3) is 0.424. The number of hydrogen-bond donors (Lipinski definition) is 1. The van der Waals surface area contributed by atoms with Gasteiger partial charge in [0, 0.05) is 58.6 Å². The molecule has 6 nitrogen and oxygen atoms in total. The molecule has 1 amide bonds. The van der Waals surface area contributed by atoms with Crippen molar-refractivity contribution in [3.8, 4) is 5.75 Å². The number of halogens is 2. The predicted molar refractivity (Wildman–Crippen MR) is 165 cm³/mol. The van der Waals surface area contributed by atoms with E-state index in [0.29, 0.717) is 40.3 Å². The quantitative estimate of drug-likeness (QED) is 0.349. The van der Waals surface area contributed by atoms with Crippen molar-refractivity contribution in [2.24, 2.45) is 10.8 Å². The van der Waals surface area contributed by atoms with Crippen LogP contribution in [0.4, 0.5) is 5.69 Å². The summed E-state index contributed by atoms with van der Waals surface area (Å²) in [5.74, 6) is -0.000704. The van der Waals surface area contributed by atoms with Crippen molar-refractivity contribution in [3.05, 3.63) is 80.1 Å². The Kier molecular flexibility index (Phi) is 7.99. The molecule has 41 heavy (non-hydrogen) atoms. The third kappa shape index (κ3) is 6.02. The lowest BCUT2D eigenvalue weighted by molar-refractivity contribution is -0.120. The zero-order valence-corrected chi connectivity index (χ0v) is 26.5. The van der Waals surface area contributed by atoms with E-state index in [2.05, 4.69) is 60.8 Å². The first-order chi connectivity index (χ1) is 19.3. The van der Waals surface area contributed by atoms with E-state index in [-0.39, 0.29) is 34.9 Å². The minimum Gasteiger partial charge on any atom is -0.483 e. The van der Waals surface area contributed by atoms with E-state index in [1.165, 1.54) is 0 Å². The topological polar surface area (TPSA) is 75.7 Å². The van der Waals surface area contributed by atoms with Gasteiger partial charge in [0.15, 0.2) is 18.2 Å². The molecule has 1 aliphatic heterocycles.